The van der Waals surface area contributed by atoms with Crippen LogP contribution < -0.4 is 10.9 Å². The Bertz CT molecular complexity index is 441. The van der Waals surface area contributed by atoms with Gasteiger partial charge in [0.1, 0.15) is 11.9 Å². The molecule has 1 aliphatic heterocycles. The summed E-state index contributed by atoms with van der Waals surface area (Å²) in [5, 5.41) is 0. The minimum Gasteiger partial charge on any atom is -0.368 e. The molecular weight excluding hydrogens is 239 g/mol. The zero-order chi connectivity index (χ0) is 13.0. The first-order chi connectivity index (χ1) is 8.66. The largest absolute Gasteiger partial charge is 0.368 e. The van der Waals surface area contributed by atoms with E-state index in [-0.39, 0.29) is 11.5 Å². The standard InChI is InChI=1S/C12H13FN2O3/c13-9-5-3-8(4-6-9)11(16)14-15-12(17)10-2-1-7-18-10/h3-6,10H,1-2,7H2,(H,14,16)(H,15,17)/t10-/m1/s1. The molecule has 0 unspecified atom stereocenters. The molecule has 0 bridgehead atoms. The number of nitrogens with one attached hydrogen (secondary N) is 2. The lowest BCUT2D eigenvalue weighted by Crippen LogP contribution is -2.46. The van der Waals surface area contributed by atoms with Crippen LogP contribution in [0, 0.1) is 5.82 Å². The molecule has 18 heavy (non-hydrogen) atoms. The molecule has 0 aromatic heterocycles. The minimum absolute atomic E-state index is 0.268. The van der Waals surface area contributed by atoms with Crippen LogP contribution in [0.5, 0.6) is 0 Å². The summed E-state index contributed by atoms with van der Waals surface area (Å²) in [6.07, 6.45) is 0.987. The average molecular weight is 252 g/mol. The molecule has 96 valence electrons. The van der Waals surface area contributed by atoms with Gasteiger partial charge in [-0.25, -0.2) is 4.39 Å². The number of benzene rings is 1. The molecule has 6 heteroatoms. The van der Waals surface area contributed by atoms with Gasteiger partial charge in [-0.05, 0) is 37.1 Å². The molecule has 1 aromatic carbocycles. The third kappa shape index (κ3) is 3.04. The highest BCUT2D eigenvalue weighted by molar-refractivity contribution is 5.95. The maximum Gasteiger partial charge on any atom is 0.269 e. The van der Waals surface area contributed by atoms with Gasteiger partial charge in [-0.1, -0.05) is 0 Å². The van der Waals surface area contributed by atoms with Crippen LogP contribution in [0.3, 0.4) is 0 Å². The first-order valence-electron chi connectivity index (χ1n) is 5.64. The Balaban J connectivity index is 1.84. The van der Waals surface area contributed by atoms with E-state index in [1.807, 2.05) is 0 Å². The second-order valence-corrected chi connectivity index (χ2v) is 3.95. The van der Waals surface area contributed by atoms with Crippen molar-refractivity contribution < 1.29 is 18.7 Å². The molecule has 2 amide bonds. The van der Waals surface area contributed by atoms with E-state index in [9.17, 15) is 14.0 Å². The summed E-state index contributed by atoms with van der Waals surface area (Å²) in [6.45, 7) is 0.560. The summed E-state index contributed by atoms with van der Waals surface area (Å²) >= 11 is 0. The zero-order valence-electron chi connectivity index (χ0n) is 9.61. The van der Waals surface area contributed by atoms with Crippen LogP contribution in [0.1, 0.15) is 23.2 Å². The molecule has 1 heterocycles. The van der Waals surface area contributed by atoms with E-state index in [1.165, 1.54) is 24.3 Å². The van der Waals surface area contributed by atoms with Crippen molar-refractivity contribution >= 4 is 11.8 Å². The van der Waals surface area contributed by atoms with Crippen molar-refractivity contribution in [1.82, 2.24) is 10.9 Å². The molecule has 0 saturated carbocycles. The van der Waals surface area contributed by atoms with Gasteiger partial charge in [-0.3, -0.25) is 20.4 Å². The summed E-state index contributed by atoms with van der Waals surface area (Å²) < 4.78 is 17.8. The van der Waals surface area contributed by atoms with Crippen LogP contribution >= 0.6 is 0 Å². The van der Waals surface area contributed by atoms with E-state index in [4.69, 9.17) is 4.74 Å². The Hall–Kier alpha value is -1.95. The fourth-order valence-corrected chi connectivity index (χ4v) is 1.66. The monoisotopic (exact) mass is 252 g/mol. The Morgan fingerprint density at radius 1 is 1.22 bits per heavy atom. The quantitative estimate of drug-likeness (QED) is 0.764. The van der Waals surface area contributed by atoms with Crippen molar-refractivity contribution in [3.63, 3.8) is 0 Å². The summed E-state index contributed by atoms with van der Waals surface area (Å²) in [4.78, 5) is 23.1. The Kier molecular flexibility index (Phi) is 3.88. The van der Waals surface area contributed by atoms with Crippen LogP contribution in [-0.4, -0.2) is 24.5 Å². The lowest BCUT2D eigenvalue weighted by molar-refractivity contribution is -0.130. The van der Waals surface area contributed by atoms with Gasteiger partial charge >= 0.3 is 0 Å². The predicted molar refractivity (Wildman–Crippen MR) is 61.0 cm³/mol. The lowest BCUT2D eigenvalue weighted by atomic mass is 10.2. The first-order valence-corrected chi connectivity index (χ1v) is 5.64. The number of hydrazine groups is 1. The maximum atomic E-state index is 12.7. The number of hydrogen-bond acceptors (Lipinski definition) is 3. The van der Waals surface area contributed by atoms with Gasteiger partial charge in [-0.15, -0.1) is 0 Å². The summed E-state index contributed by atoms with van der Waals surface area (Å²) in [5.41, 5.74) is 4.80. The number of halogens is 1. The molecular formula is C12H13FN2O3. The predicted octanol–water partition coefficient (Wildman–Crippen LogP) is 0.766. The van der Waals surface area contributed by atoms with Gasteiger partial charge in [-0.2, -0.15) is 0 Å². The first kappa shape index (κ1) is 12.5. The van der Waals surface area contributed by atoms with Crippen molar-refractivity contribution in [3.8, 4) is 0 Å². The Labute approximate surface area is 103 Å². The molecule has 0 aliphatic carbocycles. The SMILES string of the molecule is O=C(NNC(=O)[C@H]1CCCO1)c1ccc(F)cc1. The van der Waals surface area contributed by atoms with E-state index in [1.54, 1.807) is 0 Å². The van der Waals surface area contributed by atoms with Crippen molar-refractivity contribution in [2.75, 3.05) is 6.61 Å². The van der Waals surface area contributed by atoms with E-state index in [0.717, 1.165) is 6.42 Å². The number of carbonyl (C=O) groups is 2. The number of ether oxygens (including phenoxy) is 1. The molecule has 1 aliphatic rings. The second kappa shape index (κ2) is 5.59. The van der Waals surface area contributed by atoms with Gasteiger partial charge in [0, 0.05) is 12.2 Å². The highest BCUT2D eigenvalue weighted by atomic mass is 19.1. The van der Waals surface area contributed by atoms with Gasteiger partial charge < -0.3 is 4.74 Å². The topological polar surface area (TPSA) is 67.4 Å². The molecule has 0 spiro atoms. The lowest BCUT2D eigenvalue weighted by Gasteiger charge is -2.11. The van der Waals surface area contributed by atoms with E-state index in [2.05, 4.69) is 10.9 Å². The van der Waals surface area contributed by atoms with Gasteiger partial charge in [0.15, 0.2) is 0 Å². The summed E-state index contributed by atoms with van der Waals surface area (Å²) in [7, 11) is 0. The molecule has 1 saturated heterocycles. The van der Waals surface area contributed by atoms with Gasteiger partial charge in [0.2, 0.25) is 0 Å². The van der Waals surface area contributed by atoms with Crippen molar-refractivity contribution in [1.29, 1.82) is 0 Å². The van der Waals surface area contributed by atoms with Gasteiger partial charge in [0.25, 0.3) is 11.8 Å². The highest BCUT2D eigenvalue weighted by Crippen LogP contribution is 2.11. The van der Waals surface area contributed by atoms with Crippen LogP contribution in [0.25, 0.3) is 0 Å². The van der Waals surface area contributed by atoms with Gasteiger partial charge in [0.05, 0.1) is 0 Å². The third-order valence-electron chi connectivity index (χ3n) is 2.63. The number of carbonyl (C=O) groups excluding carboxylic acids is 2. The number of hydrogen-bond donors (Lipinski definition) is 2. The average Bonchev–Trinajstić information content (AvgIpc) is 2.90. The van der Waals surface area contributed by atoms with Crippen molar-refractivity contribution in [2.45, 2.75) is 18.9 Å². The van der Waals surface area contributed by atoms with Crippen LogP contribution in [0.15, 0.2) is 24.3 Å². The molecule has 1 aromatic rings. The second-order valence-electron chi connectivity index (χ2n) is 3.95. The van der Waals surface area contributed by atoms with Crippen LogP contribution in [0.4, 0.5) is 4.39 Å². The zero-order valence-corrected chi connectivity index (χ0v) is 9.61. The van der Waals surface area contributed by atoms with Crippen molar-refractivity contribution in [3.05, 3.63) is 35.6 Å². The van der Waals surface area contributed by atoms with E-state index in [0.29, 0.717) is 13.0 Å². The Morgan fingerprint density at radius 3 is 2.56 bits per heavy atom. The number of amides is 2. The molecule has 1 atom stereocenters. The molecule has 2 N–H and O–H groups in total. The van der Waals surface area contributed by atoms with Crippen LogP contribution in [-0.2, 0) is 9.53 Å². The molecule has 0 radical (unpaired) electrons. The fourth-order valence-electron chi connectivity index (χ4n) is 1.66. The van der Waals surface area contributed by atoms with Crippen molar-refractivity contribution in [2.24, 2.45) is 0 Å². The molecule has 2 rings (SSSR count). The third-order valence-corrected chi connectivity index (χ3v) is 2.63. The number of rotatable bonds is 2. The summed E-state index contributed by atoms with van der Waals surface area (Å²) in [6, 6.07) is 5.03. The molecule has 1 fully saturated rings. The Morgan fingerprint density at radius 2 is 1.94 bits per heavy atom. The minimum atomic E-state index is -0.501. The fraction of sp³-hybridized carbons (Fsp3) is 0.333. The highest BCUT2D eigenvalue weighted by Gasteiger charge is 2.23. The van der Waals surface area contributed by atoms with E-state index < -0.39 is 17.8 Å². The molecule has 5 nitrogen and oxygen atoms in total. The maximum absolute atomic E-state index is 12.7. The summed E-state index contributed by atoms with van der Waals surface area (Å²) in [5.74, 6) is -1.29. The normalized spacial score (nSPS) is 18.4. The van der Waals surface area contributed by atoms with E-state index >= 15 is 0 Å². The van der Waals surface area contributed by atoms with Crippen LogP contribution in [0.2, 0.25) is 0 Å². The smallest absolute Gasteiger partial charge is 0.269 e.